The van der Waals surface area contributed by atoms with E-state index < -0.39 is 17.5 Å². The number of aliphatic hydroxyl groups excluding tert-OH is 1. The first kappa shape index (κ1) is 28.4. The third-order valence-electron chi connectivity index (χ3n) is 7.04. The highest BCUT2D eigenvalue weighted by Gasteiger charge is 2.29. The number of rotatable bonds is 8. The summed E-state index contributed by atoms with van der Waals surface area (Å²) in [5, 5.41) is 34.2. The van der Waals surface area contributed by atoms with Gasteiger partial charge in [-0.3, -0.25) is 15.4 Å². The quantitative estimate of drug-likeness (QED) is 0.0797. The fraction of sp³-hybridized carbons (Fsp3) is 0.200. The molecular weight excluding hydrogens is 546 g/mol. The molecule has 0 spiro atoms. The van der Waals surface area contributed by atoms with Crippen LogP contribution in [0.25, 0.3) is 11.3 Å². The van der Waals surface area contributed by atoms with Crippen molar-refractivity contribution in [2.45, 2.75) is 25.9 Å². The molecular formula is C30H29F2N6O4+. The lowest BCUT2D eigenvalue weighted by Crippen LogP contribution is -2.42. The van der Waals surface area contributed by atoms with Gasteiger partial charge in [0.2, 0.25) is 0 Å². The van der Waals surface area contributed by atoms with Gasteiger partial charge in [0.15, 0.2) is 11.6 Å². The summed E-state index contributed by atoms with van der Waals surface area (Å²) in [6, 6.07) is 13.8. The number of nitrogens with two attached hydrogens (primary N) is 1. The largest absolute Gasteiger partial charge is 0.453 e. The lowest BCUT2D eigenvalue weighted by Gasteiger charge is -2.31. The number of nitrogens with one attached hydrogen (secondary N) is 3. The van der Waals surface area contributed by atoms with Gasteiger partial charge in [0.1, 0.15) is 28.8 Å². The number of halogens is 2. The molecule has 1 aliphatic carbocycles. The molecule has 4 aromatic rings. The molecule has 2 aromatic heterocycles. The number of aliphatic hydroxyl groups is 1. The van der Waals surface area contributed by atoms with Gasteiger partial charge in [-0.15, -0.1) is 0 Å². The Morgan fingerprint density at radius 3 is 2.55 bits per heavy atom. The van der Waals surface area contributed by atoms with Crippen molar-refractivity contribution in [3.05, 3.63) is 95.3 Å². The van der Waals surface area contributed by atoms with Crippen LogP contribution in [0.15, 0.2) is 66.9 Å². The summed E-state index contributed by atoms with van der Waals surface area (Å²) >= 11 is 0. The zero-order valence-electron chi connectivity index (χ0n) is 22.6. The molecule has 1 amide bonds. The van der Waals surface area contributed by atoms with E-state index in [2.05, 4.69) is 15.6 Å². The maximum absolute atomic E-state index is 15.1. The van der Waals surface area contributed by atoms with Gasteiger partial charge in [0, 0.05) is 46.9 Å². The number of aromatic nitrogens is 2. The molecule has 0 saturated heterocycles. The van der Waals surface area contributed by atoms with Crippen LogP contribution >= 0.6 is 0 Å². The van der Waals surface area contributed by atoms with Gasteiger partial charge in [-0.2, -0.15) is 0 Å². The Bertz CT molecular complexity index is 1660. The third kappa shape index (κ3) is 5.98. The first-order chi connectivity index (χ1) is 20.1. The monoisotopic (exact) mass is 575 g/mol. The maximum atomic E-state index is 15.1. The Labute approximate surface area is 239 Å². The van der Waals surface area contributed by atoms with Crippen molar-refractivity contribution < 1.29 is 33.4 Å². The summed E-state index contributed by atoms with van der Waals surface area (Å²) in [7, 11) is 0. The number of amides is 1. The molecule has 0 bridgehead atoms. The van der Waals surface area contributed by atoms with E-state index in [1.54, 1.807) is 13.0 Å². The van der Waals surface area contributed by atoms with Gasteiger partial charge < -0.3 is 26.2 Å². The second kappa shape index (κ2) is 11.8. The van der Waals surface area contributed by atoms with Gasteiger partial charge in [0.05, 0.1) is 11.7 Å². The molecule has 2 heterocycles. The topological polar surface area (TPSA) is 157 Å². The Kier molecular flexibility index (Phi) is 7.98. The average molecular weight is 576 g/mol. The van der Waals surface area contributed by atoms with E-state index in [0.717, 1.165) is 6.07 Å². The van der Waals surface area contributed by atoms with Crippen LogP contribution in [0.5, 0.6) is 11.5 Å². The third-order valence-corrected chi connectivity index (χ3v) is 7.04. The molecule has 216 valence electrons. The Morgan fingerprint density at radius 1 is 1.12 bits per heavy atom. The molecule has 42 heavy (non-hydrogen) atoms. The van der Waals surface area contributed by atoms with Crippen LogP contribution in [0, 0.1) is 29.9 Å². The number of pyridine rings is 2. The number of hydrogen-bond donors (Lipinski definition) is 6. The first-order valence-corrected chi connectivity index (χ1v) is 13.2. The number of ether oxygens (including phenoxy) is 1. The SMILES string of the molecule is Cc1ccc(C(=O)Nc2ccc(Oc3ccnc(N)c3C(=N)NCC3CC(O)C3)c(F)c2)[n+](O)c1-c1ccc(F)cc1. The van der Waals surface area contributed by atoms with Crippen LogP contribution in [0.3, 0.4) is 0 Å². The van der Waals surface area contributed by atoms with Crippen molar-refractivity contribution in [2.75, 3.05) is 17.6 Å². The minimum atomic E-state index is -0.801. The number of nitrogen functional groups attached to an aromatic ring is 1. The molecule has 1 saturated carbocycles. The number of anilines is 2. The zero-order valence-corrected chi connectivity index (χ0v) is 22.6. The van der Waals surface area contributed by atoms with E-state index in [-0.39, 0.29) is 52.1 Å². The molecule has 0 unspecified atom stereocenters. The summed E-state index contributed by atoms with van der Waals surface area (Å²) < 4.78 is 35.0. The van der Waals surface area contributed by atoms with E-state index in [0.29, 0.717) is 40.9 Å². The van der Waals surface area contributed by atoms with Crippen molar-refractivity contribution in [1.29, 1.82) is 5.41 Å². The van der Waals surface area contributed by atoms with Gasteiger partial charge in [-0.1, -0.05) is 0 Å². The van der Waals surface area contributed by atoms with E-state index in [9.17, 15) is 19.5 Å². The molecule has 1 aliphatic rings. The van der Waals surface area contributed by atoms with Crippen LogP contribution < -0.4 is 25.8 Å². The molecule has 10 nitrogen and oxygen atoms in total. The number of carbonyl (C=O) groups is 1. The number of carbonyl (C=O) groups excluding carboxylic acids is 1. The van der Waals surface area contributed by atoms with Gasteiger partial charge in [0.25, 0.3) is 5.69 Å². The van der Waals surface area contributed by atoms with Crippen molar-refractivity contribution in [1.82, 2.24) is 10.3 Å². The van der Waals surface area contributed by atoms with E-state index >= 15 is 4.39 Å². The fourth-order valence-electron chi connectivity index (χ4n) is 4.74. The minimum Gasteiger partial charge on any atom is -0.453 e. The lowest BCUT2D eigenvalue weighted by molar-refractivity contribution is -0.897. The fourth-order valence-corrected chi connectivity index (χ4v) is 4.74. The van der Waals surface area contributed by atoms with Gasteiger partial charge >= 0.3 is 11.6 Å². The average Bonchev–Trinajstić information content (AvgIpc) is 2.93. The molecule has 0 radical (unpaired) electrons. The highest BCUT2D eigenvalue weighted by atomic mass is 19.1. The molecule has 7 N–H and O–H groups in total. The highest BCUT2D eigenvalue weighted by molar-refractivity contribution is 6.03. The molecule has 5 rings (SSSR count). The second-order valence-corrected chi connectivity index (χ2v) is 10.1. The van der Waals surface area contributed by atoms with Gasteiger partial charge in [-0.25, -0.2) is 13.8 Å². The summed E-state index contributed by atoms with van der Waals surface area (Å²) in [5.74, 6) is -1.80. The molecule has 2 aromatic carbocycles. The van der Waals surface area contributed by atoms with Gasteiger partial charge in [-0.05, 0) is 68.1 Å². The number of amidine groups is 1. The number of nitrogens with zero attached hydrogens (tertiary/aromatic N) is 2. The molecule has 0 aliphatic heterocycles. The van der Waals surface area contributed by atoms with E-state index in [1.807, 2.05) is 0 Å². The molecule has 0 atom stereocenters. The minimum absolute atomic E-state index is 0.0262. The molecule has 1 fully saturated rings. The van der Waals surface area contributed by atoms with Crippen LogP contribution in [-0.2, 0) is 0 Å². The maximum Gasteiger partial charge on any atom is 0.325 e. The summed E-state index contributed by atoms with van der Waals surface area (Å²) in [5.41, 5.74) is 7.59. The van der Waals surface area contributed by atoms with Crippen LogP contribution in [-0.4, -0.2) is 39.7 Å². The number of hydrogen-bond acceptors (Lipinski definition) is 7. The van der Waals surface area contributed by atoms with E-state index in [4.69, 9.17) is 15.9 Å². The zero-order chi connectivity index (χ0) is 30.0. The molecule has 12 heteroatoms. The summed E-state index contributed by atoms with van der Waals surface area (Å²) in [6.07, 6.45) is 2.36. The van der Waals surface area contributed by atoms with Crippen molar-refractivity contribution >= 4 is 23.2 Å². The predicted octanol–water partition coefficient (Wildman–Crippen LogP) is 4.17. The number of benzene rings is 2. The number of aryl methyl sites for hydroxylation is 1. The van der Waals surface area contributed by atoms with Crippen molar-refractivity contribution in [2.24, 2.45) is 5.92 Å². The lowest BCUT2D eigenvalue weighted by atomic mass is 9.82. The highest BCUT2D eigenvalue weighted by Crippen LogP contribution is 2.32. The van der Waals surface area contributed by atoms with Crippen LogP contribution in [0.4, 0.5) is 20.3 Å². The second-order valence-electron chi connectivity index (χ2n) is 10.1. The normalized spacial score (nSPS) is 15.9. The Hall–Kier alpha value is -5.10. The Morgan fingerprint density at radius 2 is 1.86 bits per heavy atom. The van der Waals surface area contributed by atoms with Crippen LogP contribution in [0.2, 0.25) is 0 Å². The summed E-state index contributed by atoms with van der Waals surface area (Å²) in [4.78, 5) is 17.0. The first-order valence-electron chi connectivity index (χ1n) is 13.2. The van der Waals surface area contributed by atoms with Crippen molar-refractivity contribution in [3.8, 4) is 22.8 Å². The predicted molar refractivity (Wildman–Crippen MR) is 151 cm³/mol. The smallest absolute Gasteiger partial charge is 0.325 e. The summed E-state index contributed by atoms with van der Waals surface area (Å²) in [6.45, 7) is 2.20. The van der Waals surface area contributed by atoms with E-state index in [1.165, 1.54) is 54.7 Å². The standard InChI is InChI=1S/C30H28F2N6O4/c1-16-2-8-23(38(41)27(16)18-3-5-19(31)6-4-18)30(40)37-20-7-9-24(22(32)14-20)42-25-10-11-35-28(33)26(25)29(34)36-15-17-12-21(39)13-17/h2-11,14,17,21,39H,12-13,15H2,1H3,(H5-,33,34,35,36,37,40,41)/p+1. The van der Waals surface area contributed by atoms with Crippen molar-refractivity contribution in [3.63, 3.8) is 0 Å². The van der Waals surface area contributed by atoms with Crippen LogP contribution in [0.1, 0.15) is 34.5 Å². The Balaban J connectivity index is 1.31.